The molecule has 0 radical (unpaired) electrons. The van der Waals surface area contributed by atoms with Crippen molar-refractivity contribution >= 4 is 11.6 Å². The predicted octanol–water partition coefficient (Wildman–Crippen LogP) is 3.30. The number of carbonyl (C=O) groups is 1. The Bertz CT molecular complexity index is 757. The van der Waals surface area contributed by atoms with E-state index in [1.165, 1.54) is 0 Å². The average Bonchev–Trinajstić information content (AvgIpc) is 2.58. The van der Waals surface area contributed by atoms with Gasteiger partial charge in [-0.2, -0.15) is 5.26 Å². The molecule has 1 unspecified atom stereocenters. The lowest BCUT2D eigenvalue weighted by Crippen LogP contribution is -2.41. The van der Waals surface area contributed by atoms with Gasteiger partial charge in [0.15, 0.2) is 0 Å². The summed E-state index contributed by atoms with van der Waals surface area (Å²) >= 11 is 0. The van der Waals surface area contributed by atoms with Crippen molar-refractivity contribution in [2.45, 2.75) is 6.04 Å². The van der Waals surface area contributed by atoms with Gasteiger partial charge in [-0.3, -0.25) is 0 Å². The molecule has 1 aliphatic rings. The highest BCUT2D eigenvalue weighted by Gasteiger charge is 2.26. The van der Waals surface area contributed by atoms with E-state index in [4.69, 9.17) is 5.26 Å². The number of carbonyl (C=O) groups excluding carboxylic acids is 1. The minimum atomic E-state index is -0.223. The van der Waals surface area contributed by atoms with Gasteiger partial charge in [0.05, 0.1) is 17.7 Å². The number of rotatable bonds is 2. The predicted molar refractivity (Wildman–Crippen MR) is 84.6 cm³/mol. The molecule has 3 rings (SSSR count). The second-order valence-corrected chi connectivity index (χ2v) is 5.18. The monoisotopic (exact) mass is 289 g/mol. The Morgan fingerprint density at radius 3 is 2.41 bits per heavy atom. The summed E-state index contributed by atoms with van der Waals surface area (Å²) in [5.74, 6) is 0. The van der Waals surface area contributed by atoms with Gasteiger partial charge in [-0.05, 0) is 23.3 Å². The van der Waals surface area contributed by atoms with Crippen LogP contribution in [0.25, 0.3) is 5.57 Å². The molecule has 0 aliphatic carbocycles. The Kier molecular flexibility index (Phi) is 3.63. The molecule has 108 valence electrons. The molecular weight excluding hydrogens is 274 g/mol. The smallest absolute Gasteiger partial charge is 0.321 e. The zero-order chi connectivity index (χ0) is 15.5. The van der Waals surface area contributed by atoms with Crippen LogP contribution in [-0.4, -0.2) is 18.0 Å². The number of benzene rings is 2. The van der Waals surface area contributed by atoms with Gasteiger partial charge in [0, 0.05) is 18.8 Å². The van der Waals surface area contributed by atoms with Gasteiger partial charge in [0.25, 0.3) is 0 Å². The van der Waals surface area contributed by atoms with Crippen LogP contribution < -0.4 is 5.32 Å². The fraction of sp³-hybridized carbons (Fsp3) is 0.111. The Labute approximate surface area is 129 Å². The third-order valence-electron chi connectivity index (χ3n) is 3.71. The van der Waals surface area contributed by atoms with Crippen LogP contribution in [0.15, 0.2) is 60.8 Å². The Balaban J connectivity index is 2.05. The maximum absolute atomic E-state index is 12.0. The molecule has 2 aromatic carbocycles. The zero-order valence-electron chi connectivity index (χ0n) is 12.2. The van der Waals surface area contributed by atoms with Crippen LogP contribution >= 0.6 is 0 Å². The van der Waals surface area contributed by atoms with Gasteiger partial charge in [-0.15, -0.1) is 0 Å². The summed E-state index contributed by atoms with van der Waals surface area (Å²) in [7, 11) is 1.73. The molecule has 2 amide bonds. The van der Waals surface area contributed by atoms with E-state index in [-0.39, 0.29) is 12.1 Å². The van der Waals surface area contributed by atoms with Crippen LogP contribution in [0.2, 0.25) is 0 Å². The van der Waals surface area contributed by atoms with Crippen LogP contribution in [0.4, 0.5) is 4.79 Å². The molecule has 1 N–H and O–H groups in total. The molecule has 4 nitrogen and oxygen atoms in total. The van der Waals surface area contributed by atoms with Gasteiger partial charge < -0.3 is 10.2 Å². The van der Waals surface area contributed by atoms with Gasteiger partial charge in [-0.1, -0.05) is 42.5 Å². The molecule has 0 saturated heterocycles. The van der Waals surface area contributed by atoms with E-state index in [0.717, 1.165) is 16.7 Å². The van der Waals surface area contributed by atoms with Gasteiger partial charge in [0.2, 0.25) is 0 Å². The Hall–Kier alpha value is -3.06. The highest BCUT2D eigenvalue weighted by molar-refractivity contribution is 5.86. The van der Waals surface area contributed by atoms with Crippen molar-refractivity contribution in [3.8, 4) is 6.07 Å². The number of nitrogens with zero attached hydrogens (tertiary/aromatic N) is 2. The number of nitrogens with one attached hydrogen (secondary N) is 1. The molecule has 0 fully saturated rings. The normalized spacial score (nSPS) is 17.5. The van der Waals surface area contributed by atoms with Gasteiger partial charge >= 0.3 is 6.03 Å². The van der Waals surface area contributed by atoms with Crippen molar-refractivity contribution in [2.75, 3.05) is 7.05 Å². The minimum absolute atomic E-state index is 0.144. The maximum Gasteiger partial charge on any atom is 0.321 e. The first-order chi connectivity index (χ1) is 10.7. The van der Waals surface area contributed by atoms with Crippen LogP contribution in [-0.2, 0) is 0 Å². The first-order valence-corrected chi connectivity index (χ1v) is 6.99. The van der Waals surface area contributed by atoms with Gasteiger partial charge in [-0.25, -0.2) is 4.79 Å². The van der Waals surface area contributed by atoms with E-state index in [1.54, 1.807) is 24.1 Å². The van der Waals surface area contributed by atoms with Crippen molar-refractivity contribution in [3.05, 3.63) is 77.5 Å². The summed E-state index contributed by atoms with van der Waals surface area (Å²) in [4.78, 5) is 13.5. The Morgan fingerprint density at radius 1 is 1.09 bits per heavy atom. The lowest BCUT2D eigenvalue weighted by molar-refractivity contribution is 0.218. The van der Waals surface area contributed by atoms with Crippen molar-refractivity contribution in [2.24, 2.45) is 0 Å². The van der Waals surface area contributed by atoms with Crippen molar-refractivity contribution in [1.82, 2.24) is 10.2 Å². The first kappa shape index (κ1) is 13.9. The molecule has 1 heterocycles. The maximum atomic E-state index is 12.0. The summed E-state index contributed by atoms with van der Waals surface area (Å²) in [5, 5.41) is 11.9. The van der Waals surface area contributed by atoms with Crippen molar-refractivity contribution in [1.29, 1.82) is 5.26 Å². The highest BCUT2D eigenvalue weighted by Crippen LogP contribution is 2.33. The quantitative estimate of drug-likeness (QED) is 0.922. The standard InChI is InChI=1S/C18H15N3O/c1-21-12-16(14-5-3-2-4-6-14)17(20-18(21)22)15-9-7-13(11-19)8-10-15/h2-10,12,17H,1H3,(H,20,22). The topological polar surface area (TPSA) is 56.1 Å². The average molecular weight is 289 g/mol. The number of amides is 2. The van der Waals surface area contributed by atoms with Crippen LogP contribution in [0.3, 0.4) is 0 Å². The van der Waals surface area contributed by atoms with E-state index in [1.807, 2.05) is 48.7 Å². The number of hydrogen-bond acceptors (Lipinski definition) is 2. The molecule has 0 spiro atoms. The fourth-order valence-corrected chi connectivity index (χ4v) is 2.53. The van der Waals surface area contributed by atoms with E-state index >= 15 is 0 Å². The molecule has 2 aromatic rings. The SMILES string of the molecule is CN1C=C(c2ccccc2)C(c2ccc(C#N)cc2)NC1=O. The molecule has 1 aliphatic heterocycles. The van der Waals surface area contributed by atoms with Crippen molar-refractivity contribution in [3.63, 3.8) is 0 Å². The zero-order valence-corrected chi connectivity index (χ0v) is 12.2. The third-order valence-corrected chi connectivity index (χ3v) is 3.71. The van der Waals surface area contributed by atoms with E-state index < -0.39 is 0 Å². The summed E-state index contributed by atoms with van der Waals surface area (Å²) in [6, 6.07) is 19.0. The molecule has 0 aromatic heterocycles. The van der Waals surface area contributed by atoms with Crippen LogP contribution in [0.1, 0.15) is 22.7 Å². The molecule has 22 heavy (non-hydrogen) atoms. The molecule has 1 atom stereocenters. The lowest BCUT2D eigenvalue weighted by atomic mass is 9.92. The van der Waals surface area contributed by atoms with E-state index in [9.17, 15) is 4.79 Å². The second-order valence-electron chi connectivity index (χ2n) is 5.18. The minimum Gasteiger partial charge on any atom is -0.327 e. The summed E-state index contributed by atoms with van der Waals surface area (Å²) in [6.45, 7) is 0. The van der Waals surface area contributed by atoms with E-state index in [2.05, 4.69) is 11.4 Å². The molecule has 0 saturated carbocycles. The third kappa shape index (κ3) is 2.57. The summed E-state index contributed by atoms with van der Waals surface area (Å²) < 4.78 is 0. The summed E-state index contributed by atoms with van der Waals surface area (Å²) in [5.41, 5.74) is 3.64. The molecular formula is C18H15N3O. The van der Waals surface area contributed by atoms with Crippen LogP contribution in [0, 0.1) is 11.3 Å². The first-order valence-electron chi connectivity index (χ1n) is 6.99. The van der Waals surface area contributed by atoms with E-state index in [0.29, 0.717) is 5.56 Å². The van der Waals surface area contributed by atoms with Crippen LogP contribution in [0.5, 0.6) is 0 Å². The lowest BCUT2D eigenvalue weighted by Gasteiger charge is -2.31. The van der Waals surface area contributed by atoms with Crippen molar-refractivity contribution < 1.29 is 4.79 Å². The fourth-order valence-electron chi connectivity index (χ4n) is 2.53. The number of hydrogen-bond donors (Lipinski definition) is 1. The Morgan fingerprint density at radius 2 is 1.77 bits per heavy atom. The largest absolute Gasteiger partial charge is 0.327 e. The molecule has 4 heteroatoms. The van der Waals surface area contributed by atoms with Gasteiger partial charge in [0.1, 0.15) is 0 Å². The number of urea groups is 1. The number of nitriles is 1. The highest BCUT2D eigenvalue weighted by atomic mass is 16.2. The summed E-state index contributed by atoms with van der Waals surface area (Å²) in [6.07, 6.45) is 1.86. The molecule has 0 bridgehead atoms. The second kappa shape index (κ2) is 5.74.